The molecule has 1 aliphatic heterocycles. The van der Waals surface area contributed by atoms with Gasteiger partial charge in [-0.15, -0.1) is 0 Å². The molecule has 138 valence electrons. The zero-order chi connectivity index (χ0) is 18.5. The lowest BCUT2D eigenvalue weighted by Crippen LogP contribution is -2.48. The van der Waals surface area contributed by atoms with Crippen molar-refractivity contribution in [1.29, 1.82) is 0 Å². The molecule has 4 rings (SSSR count). The van der Waals surface area contributed by atoms with Crippen molar-refractivity contribution in [2.75, 3.05) is 38.2 Å². The SMILES string of the molecule is CC.COC(=O)N1CCN(c2ccnc3[nH]c(-c4cn[nH]c4)cc23)CC1. The largest absolute Gasteiger partial charge is 0.453 e. The Kier molecular flexibility index (Phi) is 5.40. The van der Waals surface area contributed by atoms with Crippen molar-refractivity contribution < 1.29 is 9.53 Å². The van der Waals surface area contributed by atoms with E-state index in [4.69, 9.17) is 4.74 Å². The molecular formula is C18H24N6O2. The number of fused-ring (bicyclic) bond motifs is 1. The number of anilines is 1. The number of nitrogens with zero attached hydrogens (tertiary/aromatic N) is 4. The zero-order valence-corrected chi connectivity index (χ0v) is 15.3. The number of hydrogen-bond acceptors (Lipinski definition) is 5. The summed E-state index contributed by atoms with van der Waals surface area (Å²) in [5.41, 5.74) is 3.94. The van der Waals surface area contributed by atoms with E-state index in [1.807, 2.05) is 26.1 Å². The normalized spacial score (nSPS) is 14.1. The lowest BCUT2D eigenvalue weighted by Gasteiger charge is -2.35. The van der Waals surface area contributed by atoms with Crippen LogP contribution in [0.2, 0.25) is 0 Å². The van der Waals surface area contributed by atoms with E-state index in [1.165, 1.54) is 7.11 Å². The first-order valence-electron chi connectivity index (χ1n) is 8.81. The van der Waals surface area contributed by atoms with E-state index in [0.717, 1.165) is 41.1 Å². The van der Waals surface area contributed by atoms with Crippen LogP contribution in [0.25, 0.3) is 22.3 Å². The molecule has 0 bridgehead atoms. The van der Waals surface area contributed by atoms with Gasteiger partial charge in [0.1, 0.15) is 5.65 Å². The van der Waals surface area contributed by atoms with Gasteiger partial charge < -0.3 is 19.5 Å². The van der Waals surface area contributed by atoms with Gasteiger partial charge in [0.2, 0.25) is 0 Å². The van der Waals surface area contributed by atoms with Gasteiger partial charge in [0, 0.05) is 55.2 Å². The summed E-state index contributed by atoms with van der Waals surface area (Å²) in [6.45, 7) is 6.83. The van der Waals surface area contributed by atoms with Crippen molar-refractivity contribution in [3.63, 3.8) is 0 Å². The molecule has 8 nitrogen and oxygen atoms in total. The number of piperazine rings is 1. The average Bonchev–Trinajstić information content (AvgIpc) is 3.38. The van der Waals surface area contributed by atoms with E-state index in [-0.39, 0.29) is 6.09 Å². The van der Waals surface area contributed by atoms with Gasteiger partial charge in [0.25, 0.3) is 0 Å². The Morgan fingerprint density at radius 3 is 2.65 bits per heavy atom. The van der Waals surface area contributed by atoms with Gasteiger partial charge in [0.05, 0.1) is 19.0 Å². The van der Waals surface area contributed by atoms with E-state index in [9.17, 15) is 4.79 Å². The standard InChI is InChI=1S/C16H18N6O2.C2H6/c1-24-16(23)22-6-4-21(5-7-22)14-2-3-17-15-12(14)8-13(20-15)11-9-18-19-10-11;1-2/h2-3,8-10H,4-7H2,1H3,(H,17,20)(H,18,19);1-2H3. The van der Waals surface area contributed by atoms with Crippen LogP contribution in [0.15, 0.2) is 30.7 Å². The molecule has 26 heavy (non-hydrogen) atoms. The monoisotopic (exact) mass is 356 g/mol. The predicted molar refractivity (Wildman–Crippen MR) is 101 cm³/mol. The summed E-state index contributed by atoms with van der Waals surface area (Å²) in [5, 5.41) is 7.88. The molecule has 8 heteroatoms. The molecule has 4 heterocycles. The van der Waals surface area contributed by atoms with Gasteiger partial charge in [-0.2, -0.15) is 5.10 Å². The molecule has 1 amide bonds. The third-order valence-corrected chi connectivity index (χ3v) is 4.37. The summed E-state index contributed by atoms with van der Waals surface area (Å²) in [6.07, 6.45) is 5.16. The molecule has 1 saturated heterocycles. The number of amides is 1. The van der Waals surface area contributed by atoms with Crippen LogP contribution < -0.4 is 4.90 Å². The fraction of sp³-hybridized carbons (Fsp3) is 0.389. The third kappa shape index (κ3) is 3.35. The van der Waals surface area contributed by atoms with Crippen molar-refractivity contribution >= 4 is 22.8 Å². The minimum Gasteiger partial charge on any atom is -0.453 e. The summed E-state index contributed by atoms with van der Waals surface area (Å²) in [6, 6.07) is 4.11. The van der Waals surface area contributed by atoms with E-state index >= 15 is 0 Å². The first kappa shape index (κ1) is 17.8. The first-order chi connectivity index (χ1) is 12.8. The smallest absolute Gasteiger partial charge is 0.409 e. The van der Waals surface area contributed by atoms with Crippen LogP contribution in [0.1, 0.15) is 13.8 Å². The Balaban J connectivity index is 0.000000948. The second-order valence-corrected chi connectivity index (χ2v) is 5.71. The van der Waals surface area contributed by atoms with Gasteiger partial charge in [0.15, 0.2) is 0 Å². The van der Waals surface area contributed by atoms with Crippen LogP contribution >= 0.6 is 0 Å². The summed E-state index contributed by atoms with van der Waals surface area (Å²) in [4.78, 5) is 23.4. The van der Waals surface area contributed by atoms with Gasteiger partial charge in [-0.1, -0.05) is 13.8 Å². The van der Waals surface area contributed by atoms with E-state index in [2.05, 4.69) is 31.1 Å². The fourth-order valence-corrected chi connectivity index (χ4v) is 3.10. The Bertz CT molecular complexity index is 850. The second-order valence-electron chi connectivity index (χ2n) is 5.71. The molecule has 0 saturated carbocycles. The number of methoxy groups -OCH3 is 1. The van der Waals surface area contributed by atoms with Crippen LogP contribution in [0.4, 0.5) is 10.5 Å². The summed E-state index contributed by atoms with van der Waals surface area (Å²) < 4.78 is 4.79. The number of rotatable bonds is 2. The highest BCUT2D eigenvalue weighted by atomic mass is 16.5. The lowest BCUT2D eigenvalue weighted by molar-refractivity contribution is 0.121. The highest BCUT2D eigenvalue weighted by molar-refractivity contribution is 5.93. The quantitative estimate of drug-likeness (QED) is 0.737. The number of aromatic nitrogens is 4. The lowest BCUT2D eigenvalue weighted by atomic mass is 10.2. The Morgan fingerprint density at radius 1 is 1.23 bits per heavy atom. The fourth-order valence-electron chi connectivity index (χ4n) is 3.10. The van der Waals surface area contributed by atoms with Gasteiger partial charge in [-0.05, 0) is 12.1 Å². The van der Waals surface area contributed by atoms with E-state index in [0.29, 0.717) is 13.1 Å². The molecule has 2 N–H and O–H groups in total. The van der Waals surface area contributed by atoms with Gasteiger partial charge in [-0.25, -0.2) is 9.78 Å². The number of ether oxygens (including phenoxy) is 1. The number of H-pyrrole nitrogens is 2. The minimum absolute atomic E-state index is 0.265. The maximum absolute atomic E-state index is 11.6. The zero-order valence-electron chi connectivity index (χ0n) is 15.3. The van der Waals surface area contributed by atoms with Gasteiger partial charge in [-0.3, -0.25) is 5.10 Å². The maximum Gasteiger partial charge on any atom is 0.409 e. The van der Waals surface area contributed by atoms with Crippen molar-refractivity contribution in [2.45, 2.75) is 13.8 Å². The van der Waals surface area contributed by atoms with Crippen LogP contribution in [-0.2, 0) is 4.74 Å². The molecule has 3 aromatic rings. The van der Waals surface area contributed by atoms with E-state index in [1.54, 1.807) is 17.3 Å². The van der Waals surface area contributed by atoms with Crippen molar-refractivity contribution in [2.24, 2.45) is 0 Å². The van der Waals surface area contributed by atoms with Crippen molar-refractivity contribution in [3.8, 4) is 11.3 Å². The van der Waals surface area contributed by atoms with Crippen molar-refractivity contribution in [3.05, 3.63) is 30.7 Å². The number of carbonyl (C=O) groups excluding carboxylic acids is 1. The molecule has 0 radical (unpaired) electrons. The number of pyridine rings is 1. The minimum atomic E-state index is -0.265. The first-order valence-corrected chi connectivity index (χ1v) is 8.81. The molecule has 3 aromatic heterocycles. The molecular weight excluding hydrogens is 332 g/mol. The molecule has 0 aromatic carbocycles. The molecule has 0 spiro atoms. The highest BCUT2D eigenvalue weighted by Gasteiger charge is 2.23. The highest BCUT2D eigenvalue weighted by Crippen LogP contribution is 2.30. The summed E-state index contributed by atoms with van der Waals surface area (Å²) in [7, 11) is 1.41. The van der Waals surface area contributed by atoms with Crippen LogP contribution in [0.3, 0.4) is 0 Å². The molecule has 0 atom stereocenters. The van der Waals surface area contributed by atoms with Gasteiger partial charge >= 0.3 is 6.09 Å². The molecule has 0 unspecified atom stereocenters. The topological polar surface area (TPSA) is 90.1 Å². The number of hydrogen-bond donors (Lipinski definition) is 2. The van der Waals surface area contributed by atoms with Crippen LogP contribution in [0, 0.1) is 0 Å². The molecule has 0 aliphatic carbocycles. The maximum atomic E-state index is 11.6. The second kappa shape index (κ2) is 7.90. The van der Waals surface area contributed by atoms with Crippen LogP contribution in [0.5, 0.6) is 0 Å². The summed E-state index contributed by atoms with van der Waals surface area (Å²) in [5.74, 6) is 0. The number of aromatic amines is 2. The summed E-state index contributed by atoms with van der Waals surface area (Å²) >= 11 is 0. The Hall–Kier alpha value is -3.03. The molecule has 1 aliphatic rings. The Morgan fingerprint density at radius 2 is 2.00 bits per heavy atom. The third-order valence-electron chi connectivity index (χ3n) is 4.37. The average molecular weight is 356 g/mol. The predicted octanol–water partition coefficient (Wildman–Crippen LogP) is 2.87. The number of carbonyl (C=O) groups is 1. The van der Waals surface area contributed by atoms with Crippen molar-refractivity contribution in [1.82, 2.24) is 25.1 Å². The Labute approximate surface area is 152 Å². The number of nitrogens with one attached hydrogen (secondary N) is 2. The molecule has 1 fully saturated rings. The van der Waals surface area contributed by atoms with E-state index < -0.39 is 0 Å². The van der Waals surface area contributed by atoms with Crippen LogP contribution in [-0.4, -0.2) is 64.4 Å².